The molecule has 0 saturated carbocycles. The number of nitrogen functional groups attached to an aromatic ring is 1. The summed E-state index contributed by atoms with van der Waals surface area (Å²) in [5.74, 6) is -0.557. The molecule has 0 unspecified atom stereocenters. The minimum absolute atomic E-state index is 0.499. The van der Waals surface area contributed by atoms with Crippen LogP contribution in [-0.2, 0) is 31.2 Å². The Morgan fingerprint density at radius 2 is 1.74 bits per heavy atom. The highest BCUT2D eigenvalue weighted by Crippen LogP contribution is 2.44. The number of fused-ring (bicyclic) bond motifs is 2. The van der Waals surface area contributed by atoms with Crippen molar-refractivity contribution in [2.24, 2.45) is 0 Å². The van der Waals surface area contributed by atoms with Gasteiger partial charge in [-0.25, -0.2) is 0 Å². The Morgan fingerprint density at radius 3 is 2.43 bits per heavy atom. The van der Waals surface area contributed by atoms with E-state index in [1.807, 2.05) is 19.9 Å². The van der Waals surface area contributed by atoms with Gasteiger partial charge in [0.25, 0.3) is 0 Å². The van der Waals surface area contributed by atoms with Crippen molar-refractivity contribution in [1.29, 1.82) is 0 Å². The topological polar surface area (TPSA) is 66.2 Å². The number of nitrogens with two attached hydrogens (primary N) is 1. The molecule has 0 amide bonds. The molecule has 1 spiro atoms. The molecular weight excluding hydrogens is 296 g/mol. The lowest BCUT2D eigenvalue weighted by Gasteiger charge is -2.41. The molecule has 2 fully saturated rings. The van der Waals surface area contributed by atoms with E-state index in [0.717, 1.165) is 48.8 Å². The standard InChI is InChI=1S/C17H24N2O4/c1-16(2)22-10-17(11-23-16)13-8-15(19-3-5-20-6-4-19)14(18)7-12(13)9-21-17/h7-8H,3-6,9-11,18H2,1-2H3. The summed E-state index contributed by atoms with van der Waals surface area (Å²) in [5.41, 5.74) is 9.90. The highest BCUT2D eigenvalue weighted by atomic mass is 16.7. The van der Waals surface area contributed by atoms with E-state index in [-0.39, 0.29) is 0 Å². The highest BCUT2D eigenvalue weighted by Gasteiger charge is 2.47. The van der Waals surface area contributed by atoms with Crippen LogP contribution >= 0.6 is 0 Å². The van der Waals surface area contributed by atoms with E-state index in [2.05, 4.69) is 11.0 Å². The molecule has 2 N–H and O–H groups in total. The minimum atomic E-state index is -0.557. The molecule has 23 heavy (non-hydrogen) atoms. The quantitative estimate of drug-likeness (QED) is 0.793. The van der Waals surface area contributed by atoms with Gasteiger partial charge in [0.1, 0.15) is 5.60 Å². The van der Waals surface area contributed by atoms with E-state index in [0.29, 0.717) is 19.8 Å². The molecule has 1 aromatic carbocycles. The first-order valence-corrected chi connectivity index (χ1v) is 8.17. The fourth-order valence-electron chi connectivity index (χ4n) is 3.47. The van der Waals surface area contributed by atoms with Gasteiger partial charge in [0.05, 0.1) is 44.4 Å². The third-order valence-electron chi connectivity index (χ3n) is 4.90. The van der Waals surface area contributed by atoms with Crippen molar-refractivity contribution in [1.82, 2.24) is 0 Å². The second kappa shape index (κ2) is 5.34. The fourth-order valence-corrected chi connectivity index (χ4v) is 3.47. The van der Waals surface area contributed by atoms with E-state index in [9.17, 15) is 0 Å². The maximum Gasteiger partial charge on any atom is 0.163 e. The van der Waals surface area contributed by atoms with Crippen molar-refractivity contribution < 1.29 is 18.9 Å². The first-order chi connectivity index (χ1) is 11.0. The minimum Gasteiger partial charge on any atom is -0.397 e. The summed E-state index contributed by atoms with van der Waals surface area (Å²) >= 11 is 0. The smallest absolute Gasteiger partial charge is 0.163 e. The lowest BCUT2D eigenvalue weighted by Crippen LogP contribution is -2.49. The Hall–Kier alpha value is -1.34. The van der Waals surface area contributed by atoms with Crippen molar-refractivity contribution in [3.05, 3.63) is 23.3 Å². The van der Waals surface area contributed by atoms with Gasteiger partial charge in [-0.3, -0.25) is 0 Å². The predicted molar refractivity (Wildman–Crippen MR) is 86.3 cm³/mol. The summed E-state index contributed by atoms with van der Waals surface area (Å²) in [7, 11) is 0. The van der Waals surface area contributed by atoms with Crippen LogP contribution in [0.25, 0.3) is 0 Å². The van der Waals surface area contributed by atoms with Crippen LogP contribution in [0, 0.1) is 0 Å². The Kier molecular flexibility index (Phi) is 3.53. The zero-order valence-electron chi connectivity index (χ0n) is 13.8. The number of hydrogen-bond donors (Lipinski definition) is 1. The third-order valence-corrected chi connectivity index (χ3v) is 4.90. The second-order valence-corrected chi connectivity index (χ2v) is 6.93. The Bertz CT molecular complexity index is 601. The van der Waals surface area contributed by atoms with E-state index in [1.54, 1.807) is 0 Å². The van der Waals surface area contributed by atoms with Crippen LogP contribution in [0.2, 0.25) is 0 Å². The number of hydrogen-bond acceptors (Lipinski definition) is 6. The van der Waals surface area contributed by atoms with Gasteiger partial charge in [0.2, 0.25) is 0 Å². The van der Waals surface area contributed by atoms with Crippen LogP contribution in [-0.4, -0.2) is 45.3 Å². The Balaban J connectivity index is 1.68. The van der Waals surface area contributed by atoms with Gasteiger partial charge >= 0.3 is 0 Å². The molecule has 2 saturated heterocycles. The van der Waals surface area contributed by atoms with E-state index in [1.165, 1.54) is 0 Å². The number of morpholine rings is 1. The number of anilines is 2. The summed E-state index contributed by atoms with van der Waals surface area (Å²) in [6.45, 7) is 8.59. The zero-order chi connectivity index (χ0) is 16.1. The van der Waals surface area contributed by atoms with Gasteiger partial charge in [-0.1, -0.05) is 0 Å². The maximum absolute atomic E-state index is 6.28. The van der Waals surface area contributed by atoms with E-state index < -0.39 is 11.4 Å². The molecule has 6 heteroatoms. The lowest BCUT2D eigenvalue weighted by molar-refractivity contribution is -0.311. The first kappa shape index (κ1) is 15.2. The molecule has 3 aliphatic heterocycles. The normalized spacial score (nSPS) is 25.6. The van der Waals surface area contributed by atoms with E-state index in [4.69, 9.17) is 24.7 Å². The van der Waals surface area contributed by atoms with Gasteiger partial charge in [-0.2, -0.15) is 0 Å². The molecule has 1 aromatic rings. The summed E-state index contributed by atoms with van der Waals surface area (Å²) in [6.07, 6.45) is 0. The maximum atomic E-state index is 6.28. The van der Waals surface area contributed by atoms with Crippen LogP contribution in [0.4, 0.5) is 11.4 Å². The second-order valence-electron chi connectivity index (χ2n) is 6.93. The highest BCUT2D eigenvalue weighted by molar-refractivity contribution is 5.71. The summed E-state index contributed by atoms with van der Waals surface area (Å²) in [5, 5.41) is 0. The summed E-state index contributed by atoms with van der Waals surface area (Å²) in [6, 6.07) is 4.20. The van der Waals surface area contributed by atoms with Gasteiger partial charge in [-0.05, 0) is 37.1 Å². The van der Waals surface area contributed by atoms with Crippen LogP contribution in [0.3, 0.4) is 0 Å². The first-order valence-electron chi connectivity index (χ1n) is 8.17. The molecule has 6 nitrogen and oxygen atoms in total. The largest absolute Gasteiger partial charge is 0.397 e. The Labute approximate surface area is 136 Å². The fraction of sp³-hybridized carbons (Fsp3) is 0.647. The molecule has 126 valence electrons. The predicted octanol–water partition coefficient (Wildman–Crippen LogP) is 1.61. The van der Waals surface area contributed by atoms with Crippen LogP contribution in [0.5, 0.6) is 0 Å². The third kappa shape index (κ3) is 2.59. The van der Waals surface area contributed by atoms with Gasteiger partial charge in [0, 0.05) is 13.1 Å². The molecule has 3 aliphatic rings. The SMILES string of the molecule is CC1(C)OCC2(CO1)OCc1cc(N)c(N3CCOCC3)cc12. The van der Waals surface area contributed by atoms with Crippen molar-refractivity contribution in [3.63, 3.8) is 0 Å². The lowest BCUT2D eigenvalue weighted by atomic mass is 9.91. The monoisotopic (exact) mass is 320 g/mol. The number of nitrogens with zero attached hydrogens (tertiary/aromatic N) is 1. The molecular formula is C17H24N2O4. The van der Waals surface area contributed by atoms with Gasteiger partial charge < -0.3 is 29.6 Å². The van der Waals surface area contributed by atoms with Crippen molar-refractivity contribution in [3.8, 4) is 0 Å². The molecule has 0 bridgehead atoms. The van der Waals surface area contributed by atoms with Crippen LogP contribution in [0.1, 0.15) is 25.0 Å². The molecule has 4 rings (SSSR count). The average molecular weight is 320 g/mol. The molecule has 0 aliphatic carbocycles. The summed E-state index contributed by atoms with van der Waals surface area (Å²) in [4.78, 5) is 2.28. The zero-order valence-corrected chi connectivity index (χ0v) is 13.8. The van der Waals surface area contributed by atoms with Gasteiger partial charge in [-0.15, -0.1) is 0 Å². The summed E-state index contributed by atoms with van der Waals surface area (Å²) < 4.78 is 23.3. The number of rotatable bonds is 1. The van der Waals surface area contributed by atoms with Crippen molar-refractivity contribution >= 4 is 11.4 Å². The molecule has 0 radical (unpaired) electrons. The number of ether oxygens (including phenoxy) is 4. The molecule has 0 aromatic heterocycles. The molecule has 0 atom stereocenters. The van der Waals surface area contributed by atoms with Crippen LogP contribution in [0.15, 0.2) is 12.1 Å². The van der Waals surface area contributed by atoms with Gasteiger partial charge in [0.15, 0.2) is 5.79 Å². The molecule has 3 heterocycles. The van der Waals surface area contributed by atoms with Crippen molar-refractivity contribution in [2.45, 2.75) is 31.8 Å². The average Bonchev–Trinajstić information content (AvgIpc) is 2.89. The van der Waals surface area contributed by atoms with Crippen LogP contribution < -0.4 is 10.6 Å². The van der Waals surface area contributed by atoms with Crippen molar-refractivity contribution in [2.75, 3.05) is 50.2 Å². The number of benzene rings is 1. The Morgan fingerprint density at radius 1 is 1.04 bits per heavy atom. The van der Waals surface area contributed by atoms with E-state index >= 15 is 0 Å².